The van der Waals surface area contributed by atoms with Crippen LogP contribution < -0.4 is 4.74 Å². The zero-order valence-electron chi connectivity index (χ0n) is 16.4. The topological polar surface area (TPSA) is 49.8 Å². The lowest BCUT2D eigenvalue weighted by Crippen LogP contribution is -2.35. The van der Waals surface area contributed by atoms with E-state index in [1.807, 2.05) is 31.9 Å². The van der Waals surface area contributed by atoms with Gasteiger partial charge in [0.2, 0.25) is 0 Å². The van der Waals surface area contributed by atoms with E-state index in [9.17, 15) is 4.79 Å². The van der Waals surface area contributed by atoms with Gasteiger partial charge in [-0.05, 0) is 68.5 Å². The standard InChI is InChI=1S/C23H29NO3/c1-16(2)27-20-11-12-21-18(13-20)9-10-19(14-24(3)15-22(25)26)23(21)17-7-5-4-6-8-17/h4-8,11-13,16,19,23H,9-10,14-15H2,1-3H3,(H,25,26)/t19-,23+/m1/s1. The van der Waals surface area contributed by atoms with Crippen LogP contribution >= 0.6 is 0 Å². The molecule has 0 heterocycles. The summed E-state index contributed by atoms with van der Waals surface area (Å²) in [6, 6.07) is 17.0. The molecule has 0 spiro atoms. The van der Waals surface area contributed by atoms with E-state index in [0.717, 1.165) is 25.1 Å². The number of carbonyl (C=O) groups is 1. The van der Waals surface area contributed by atoms with E-state index in [2.05, 4.69) is 42.5 Å². The van der Waals surface area contributed by atoms with Crippen molar-refractivity contribution >= 4 is 5.97 Å². The largest absolute Gasteiger partial charge is 0.491 e. The number of carboxylic acid groups (broad SMARTS) is 1. The minimum absolute atomic E-state index is 0.0754. The van der Waals surface area contributed by atoms with Gasteiger partial charge >= 0.3 is 5.97 Å². The van der Waals surface area contributed by atoms with E-state index in [1.165, 1.54) is 16.7 Å². The lowest BCUT2D eigenvalue weighted by Gasteiger charge is -2.36. The number of carboxylic acids is 1. The normalized spacial score (nSPS) is 19.1. The van der Waals surface area contributed by atoms with Gasteiger partial charge in [0.05, 0.1) is 12.6 Å². The van der Waals surface area contributed by atoms with Crippen LogP contribution in [0.4, 0.5) is 0 Å². The highest BCUT2D eigenvalue weighted by atomic mass is 16.5. The summed E-state index contributed by atoms with van der Waals surface area (Å²) >= 11 is 0. The molecule has 0 aromatic heterocycles. The molecular formula is C23H29NO3. The number of hydrogen-bond acceptors (Lipinski definition) is 3. The summed E-state index contributed by atoms with van der Waals surface area (Å²) in [7, 11) is 1.89. The molecule has 0 amide bonds. The molecule has 2 aromatic rings. The van der Waals surface area contributed by atoms with Gasteiger partial charge < -0.3 is 9.84 Å². The van der Waals surface area contributed by atoms with E-state index < -0.39 is 5.97 Å². The van der Waals surface area contributed by atoms with Crippen LogP contribution in [-0.2, 0) is 11.2 Å². The minimum Gasteiger partial charge on any atom is -0.491 e. The highest BCUT2D eigenvalue weighted by Gasteiger charge is 2.32. The lowest BCUT2D eigenvalue weighted by atomic mass is 9.71. The van der Waals surface area contributed by atoms with Crippen LogP contribution in [0.5, 0.6) is 5.75 Å². The molecule has 2 aromatic carbocycles. The van der Waals surface area contributed by atoms with Crippen molar-refractivity contribution in [2.45, 2.75) is 38.7 Å². The van der Waals surface area contributed by atoms with Crippen LogP contribution in [0.25, 0.3) is 0 Å². The number of fused-ring (bicyclic) bond motifs is 1. The highest BCUT2D eigenvalue weighted by molar-refractivity contribution is 5.69. The van der Waals surface area contributed by atoms with Gasteiger partial charge in [0.25, 0.3) is 0 Å². The Morgan fingerprint density at radius 1 is 1.22 bits per heavy atom. The molecule has 0 bridgehead atoms. The summed E-state index contributed by atoms with van der Waals surface area (Å²) in [6.45, 7) is 4.93. The average molecular weight is 367 g/mol. The van der Waals surface area contributed by atoms with Crippen molar-refractivity contribution in [2.24, 2.45) is 5.92 Å². The molecule has 27 heavy (non-hydrogen) atoms. The van der Waals surface area contributed by atoms with E-state index in [1.54, 1.807) is 0 Å². The van der Waals surface area contributed by atoms with Crippen molar-refractivity contribution in [3.05, 3.63) is 65.2 Å². The number of aryl methyl sites for hydroxylation is 1. The van der Waals surface area contributed by atoms with Crippen molar-refractivity contribution in [1.29, 1.82) is 0 Å². The maximum Gasteiger partial charge on any atom is 0.317 e. The van der Waals surface area contributed by atoms with E-state index in [-0.39, 0.29) is 18.6 Å². The van der Waals surface area contributed by atoms with Gasteiger partial charge in [-0.1, -0.05) is 36.4 Å². The number of rotatable bonds is 7. The SMILES string of the molecule is CC(C)Oc1ccc2c(c1)CC[C@H](CN(C)CC(=O)O)[C@@H]2c1ccccc1. The van der Waals surface area contributed by atoms with Crippen LogP contribution in [0.1, 0.15) is 42.9 Å². The van der Waals surface area contributed by atoms with Gasteiger partial charge in [-0.2, -0.15) is 0 Å². The molecule has 3 rings (SSSR count). The van der Waals surface area contributed by atoms with Crippen molar-refractivity contribution in [1.82, 2.24) is 4.90 Å². The number of benzene rings is 2. The van der Waals surface area contributed by atoms with Crippen LogP contribution in [0.15, 0.2) is 48.5 Å². The molecule has 2 atom stereocenters. The number of nitrogens with zero attached hydrogens (tertiary/aromatic N) is 1. The molecule has 0 radical (unpaired) electrons. The monoisotopic (exact) mass is 367 g/mol. The first-order valence-electron chi connectivity index (χ1n) is 9.68. The predicted octanol–water partition coefficient (Wildman–Crippen LogP) is 4.18. The second kappa shape index (κ2) is 8.57. The molecule has 0 unspecified atom stereocenters. The highest BCUT2D eigenvalue weighted by Crippen LogP contribution is 2.42. The Morgan fingerprint density at radius 2 is 1.96 bits per heavy atom. The zero-order valence-corrected chi connectivity index (χ0v) is 16.4. The van der Waals surface area contributed by atoms with Crippen molar-refractivity contribution in [3.8, 4) is 5.75 Å². The third-order valence-electron chi connectivity index (χ3n) is 5.19. The Bertz CT molecular complexity index is 772. The van der Waals surface area contributed by atoms with Crippen LogP contribution in [0, 0.1) is 5.92 Å². The Kier molecular flexibility index (Phi) is 6.17. The summed E-state index contributed by atoms with van der Waals surface area (Å²) in [6.07, 6.45) is 2.20. The summed E-state index contributed by atoms with van der Waals surface area (Å²) in [5.74, 6) is 0.817. The summed E-state index contributed by atoms with van der Waals surface area (Å²) in [4.78, 5) is 13.0. The number of hydrogen-bond donors (Lipinski definition) is 1. The first-order chi connectivity index (χ1) is 12.9. The third kappa shape index (κ3) is 4.89. The maximum absolute atomic E-state index is 11.1. The molecule has 4 heteroatoms. The quantitative estimate of drug-likeness (QED) is 0.797. The molecule has 0 fully saturated rings. The molecule has 0 aliphatic heterocycles. The molecule has 1 N–H and O–H groups in total. The van der Waals surface area contributed by atoms with Crippen molar-refractivity contribution in [2.75, 3.05) is 20.1 Å². The average Bonchev–Trinajstić information content (AvgIpc) is 2.61. The molecule has 4 nitrogen and oxygen atoms in total. The molecule has 144 valence electrons. The van der Waals surface area contributed by atoms with Crippen LogP contribution in [-0.4, -0.2) is 42.2 Å². The first-order valence-corrected chi connectivity index (χ1v) is 9.68. The maximum atomic E-state index is 11.1. The summed E-state index contributed by atoms with van der Waals surface area (Å²) in [5, 5.41) is 9.10. The van der Waals surface area contributed by atoms with E-state index in [4.69, 9.17) is 9.84 Å². The molecule has 1 aliphatic carbocycles. The molecule has 0 saturated carbocycles. The van der Waals surface area contributed by atoms with Gasteiger partial charge in [-0.15, -0.1) is 0 Å². The lowest BCUT2D eigenvalue weighted by molar-refractivity contribution is -0.138. The smallest absolute Gasteiger partial charge is 0.317 e. The second-order valence-electron chi connectivity index (χ2n) is 7.80. The number of aliphatic carboxylic acids is 1. The second-order valence-corrected chi connectivity index (χ2v) is 7.80. The van der Waals surface area contributed by atoms with Crippen LogP contribution in [0.3, 0.4) is 0 Å². The molecule has 0 saturated heterocycles. The summed E-state index contributed by atoms with van der Waals surface area (Å²) < 4.78 is 5.88. The fraction of sp³-hybridized carbons (Fsp3) is 0.435. The van der Waals surface area contributed by atoms with Crippen molar-refractivity contribution in [3.63, 3.8) is 0 Å². The number of likely N-dealkylation sites (N-methyl/N-ethyl adjacent to an activating group) is 1. The van der Waals surface area contributed by atoms with Gasteiger partial charge in [0, 0.05) is 12.5 Å². The predicted molar refractivity (Wildman–Crippen MR) is 107 cm³/mol. The Balaban J connectivity index is 1.92. The van der Waals surface area contributed by atoms with Gasteiger partial charge in [0.1, 0.15) is 5.75 Å². The van der Waals surface area contributed by atoms with Gasteiger partial charge in [0.15, 0.2) is 0 Å². The first kappa shape index (κ1) is 19.4. The fourth-order valence-electron chi connectivity index (χ4n) is 4.21. The van der Waals surface area contributed by atoms with Gasteiger partial charge in [-0.25, -0.2) is 0 Å². The fourth-order valence-corrected chi connectivity index (χ4v) is 4.21. The Labute approximate surface area is 161 Å². The molecule has 1 aliphatic rings. The summed E-state index contributed by atoms with van der Waals surface area (Å²) in [5.41, 5.74) is 3.99. The van der Waals surface area contributed by atoms with Gasteiger partial charge in [-0.3, -0.25) is 9.69 Å². The zero-order chi connectivity index (χ0) is 19.4. The van der Waals surface area contributed by atoms with Crippen LogP contribution in [0.2, 0.25) is 0 Å². The van der Waals surface area contributed by atoms with E-state index >= 15 is 0 Å². The Hall–Kier alpha value is -2.33. The third-order valence-corrected chi connectivity index (χ3v) is 5.19. The Morgan fingerprint density at radius 3 is 2.63 bits per heavy atom. The minimum atomic E-state index is -0.777. The van der Waals surface area contributed by atoms with Crippen molar-refractivity contribution < 1.29 is 14.6 Å². The number of ether oxygens (including phenoxy) is 1. The van der Waals surface area contributed by atoms with E-state index in [0.29, 0.717) is 5.92 Å². The molecular weight excluding hydrogens is 338 g/mol.